The van der Waals surface area contributed by atoms with Gasteiger partial charge in [0.1, 0.15) is 0 Å². The van der Waals surface area contributed by atoms with Crippen LogP contribution < -0.4 is 5.32 Å². The first kappa shape index (κ1) is 30.1. The molecule has 6 rings (SSSR count). The van der Waals surface area contributed by atoms with E-state index in [1.54, 1.807) is 24.5 Å². The maximum absolute atomic E-state index is 12.5. The Morgan fingerprint density at radius 3 is 2.45 bits per heavy atom. The van der Waals surface area contributed by atoms with Gasteiger partial charge in [0.25, 0.3) is 5.91 Å². The minimum Gasteiger partial charge on any atom is -0.392 e. The Morgan fingerprint density at radius 2 is 1.75 bits per heavy atom. The van der Waals surface area contributed by atoms with Gasteiger partial charge in [-0.2, -0.15) is 0 Å². The number of hydrogen-bond acceptors (Lipinski definition) is 7. The second-order valence-electron chi connectivity index (χ2n) is 11.8. The molecule has 0 saturated carbocycles. The van der Waals surface area contributed by atoms with Crippen molar-refractivity contribution in [3.05, 3.63) is 125 Å². The summed E-state index contributed by atoms with van der Waals surface area (Å²) in [6, 6.07) is 27.8. The fourth-order valence-electron chi connectivity index (χ4n) is 6.04. The van der Waals surface area contributed by atoms with Gasteiger partial charge in [0, 0.05) is 50.1 Å². The van der Waals surface area contributed by atoms with E-state index < -0.39 is 6.29 Å². The highest BCUT2D eigenvalue weighted by Crippen LogP contribution is 2.42. The minimum absolute atomic E-state index is 0.00228. The van der Waals surface area contributed by atoms with E-state index >= 15 is 0 Å². The molecule has 228 valence electrons. The average Bonchev–Trinajstić information content (AvgIpc) is 3.49. The predicted molar refractivity (Wildman–Crippen MR) is 167 cm³/mol. The van der Waals surface area contributed by atoms with Crippen LogP contribution in [0.5, 0.6) is 0 Å². The third kappa shape index (κ3) is 7.07. The Labute approximate surface area is 258 Å². The molecule has 2 aliphatic rings. The van der Waals surface area contributed by atoms with Crippen molar-refractivity contribution in [2.24, 2.45) is 5.92 Å². The molecule has 2 aliphatic heterocycles. The van der Waals surface area contributed by atoms with E-state index in [2.05, 4.69) is 58.5 Å². The van der Waals surface area contributed by atoms with Crippen molar-refractivity contribution >= 4 is 5.91 Å². The van der Waals surface area contributed by atoms with Crippen molar-refractivity contribution in [2.45, 2.75) is 51.1 Å². The number of pyridine rings is 1. The fourth-order valence-corrected chi connectivity index (χ4v) is 6.04. The van der Waals surface area contributed by atoms with Gasteiger partial charge in [-0.15, -0.1) is 0 Å². The number of benzene rings is 3. The molecular weight excluding hydrogens is 554 g/mol. The van der Waals surface area contributed by atoms with Crippen LogP contribution in [0, 0.1) is 5.92 Å². The smallest absolute Gasteiger partial charge is 0.253 e. The minimum atomic E-state index is -0.547. The monoisotopic (exact) mass is 593 g/mol. The number of carbonyl (C=O) groups is 1. The van der Waals surface area contributed by atoms with Crippen molar-refractivity contribution < 1.29 is 24.5 Å². The number of hydrogen-bond donors (Lipinski definition) is 3. The van der Waals surface area contributed by atoms with E-state index in [9.17, 15) is 15.0 Å². The van der Waals surface area contributed by atoms with Crippen LogP contribution in [-0.2, 0) is 22.6 Å². The van der Waals surface area contributed by atoms with Crippen LogP contribution >= 0.6 is 0 Å². The molecule has 3 heterocycles. The van der Waals surface area contributed by atoms with Crippen LogP contribution in [-0.4, -0.2) is 57.8 Å². The highest BCUT2D eigenvalue weighted by molar-refractivity contribution is 5.93. The summed E-state index contributed by atoms with van der Waals surface area (Å²) in [6.07, 6.45) is 2.89. The first-order valence-electron chi connectivity index (χ1n) is 15.3. The lowest BCUT2D eigenvalue weighted by molar-refractivity contribution is -0.276. The zero-order valence-electron chi connectivity index (χ0n) is 24.9. The molecule has 5 atom stereocenters. The van der Waals surface area contributed by atoms with Crippen LogP contribution in [0.4, 0.5) is 0 Å². The van der Waals surface area contributed by atoms with Crippen molar-refractivity contribution in [1.29, 1.82) is 0 Å². The van der Waals surface area contributed by atoms with Crippen molar-refractivity contribution in [2.75, 3.05) is 19.6 Å². The molecule has 3 aromatic carbocycles. The molecular formula is C36H39N3O5. The standard InChI is InChI=1S/C36H39N3O5/c1-24-33(22-39-17-15-32(41)21-39)43-36(44-34(24)28-9-7-25(23-40)8-10-28)29-13-11-27(12-14-29)30-5-2-4-26(18-30)19-38-35(42)31-6-3-16-37-20-31/h2-14,16,18,20,24,32-34,36,40-41H,15,17,19,21-23H2,1H3,(H,38,42). The summed E-state index contributed by atoms with van der Waals surface area (Å²) in [5.74, 6) is -0.0684. The number of β-amino-alcohol motifs (C(OH)–C–C–N with tert-alkyl or cyclic N) is 1. The number of aromatic nitrogens is 1. The normalized spacial score (nSPS) is 23.8. The van der Waals surface area contributed by atoms with Crippen LogP contribution in [0.2, 0.25) is 0 Å². The summed E-state index contributed by atoms with van der Waals surface area (Å²) in [5, 5.41) is 22.6. The number of nitrogens with one attached hydrogen (secondary N) is 1. The molecule has 44 heavy (non-hydrogen) atoms. The van der Waals surface area contributed by atoms with Crippen LogP contribution in [0.3, 0.4) is 0 Å². The highest BCUT2D eigenvalue weighted by atomic mass is 16.7. The van der Waals surface area contributed by atoms with Gasteiger partial charge in [-0.05, 0) is 52.4 Å². The Kier molecular flexibility index (Phi) is 9.45. The van der Waals surface area contributed by atoms with Gasteiger partial charge in [0.2, 0.25) is 0 Å². The maximum Gasteiger partial charge on any atom is 0.253 e. The molecule has 8 heteroatoms. The molecule has 8 nitrogen and oxygen atoms in total. The summed E-state index contributed by atoms with van der Waals surface area (Å²) >= 11 is 0. The zero-order valence-corrected chi connectivity index (χ0v) is 24.9. The predicted octanol–water partition coefficient (Wildman–Crippen LogP) is 5.03. The van der Waals surface area contributed by atoms with Gasteiger partial charge in [0.05, 0.1) is 30.5 Å². The van der Waals surface area contributed by atoms with Gasteiger partial charge >= 0.3 is 0 Å². The molecule has 0 aliphatic carbocycles. The Bertz CT molecular complexity index is 1530. The van der Waals surface area contributed by atoms with Gasteiger partial charge in [0.15, 0.2) is 6.29 Å². The summed E-state index contributed by atoms with van der Waals surface area (Å²) in [7, 11) is 0. The lowest BCUT2D eigenvalue weighted by Gasteiger charge is -2.42. The topological polar surface area (TPSA) is 104 Å². The average molecular weight is 594 g/mol. The molecule has 5 unspecified atom stereocenters. The molecule has 3 N–H and O–H groups in total. The number of carbonyl (C=O) groups excluding carboxylic acids is 1. The van der Waals surface area contributed by atoms with Gasteiger partial charge in [-0.1, -0.05) is 73.7 Å². The number of rotatable bonds is 9. The number of aliphatic hydroxyl groups excluding tert-OH is 2. The Balaban J connectivity index is 1.17. The molecule has 0 radical (unpaired) electrons. The first-order chi connectivity index (χ1) is 21.5. The third-order valence-electron chi connectivity index (χ3n) is 8.63. The quantitative estimate of drug-likeness (QED) is 0.250. The summed E-state index contributed by atoms with van der Waals surface area (Å²) in [6.45, 7) is 4.82. The van der Waals surface area contributed by atoms with Gasteiger partial charge in [-0.25, -0.2) is 0 Å². The molecule has 1 amide bonds. The van der Waals surface area contributed by atoms with Gasteiger partial charge < -0.3 is 25.0 Å². The van der Waals surface area contributed by atoms with E-state index in [4.69, 9.17) is 9.47 Å². The number of aliphatic hydroxyl groups is 2. The number of ether oxygens (including phenoxy) is 2. The lowest BCUT2D eigenvalue weighted by atomic mass is 9.90. The van der Waals surface area contributed by atoms with Crippen molar-refractivity contribution in [1.82, 2.24) is 15.2 Å². The Hall–Kier alpha value is -3.92. The molecule has 4 aromatic rings. The number of amides is 1. The molecule has 2 saturated heterocycles. The van der Waals surface area contributed by atoms with Crippen molar-refractivity contribution in [3.8, 4) is 11.1 Å². The highest BCUT2D eigenvalue weighted by Gasteiger charge is 2.39. The first-order valence-corrected chi connectivity index (χ1v) is 15.3. The molecule has 0 spiro atoms. The van der Waals surface area contributed by atoms with Crippen LogP contribution in [0.25, 0.3) is 11.1 Å². The summed E-state index contributed by atoms with van der Waals surface area (Å²) in [4.78, 5) is 18.7. The number of likely N-dealkylation sites (tertiary alicyclic amines) is 1. The second-order valence-corrected chi connectivity index (χ2v) is 11.8. The van der Waals surface area contributed by atoms with E-state index in [0.717, 1.165) is 52.9 Å². The van der Waals surface area contributed by atoms with Crippen molar-refractivity contribution in [3.63, 3.8) is 0 Å². The number of nitrogens with zero attached hydrogens (tertiary/aromatic N) is 2. The van der Waals surface area contributed by atoms with Crippen LogP contribution in [0.15, 0.2) is 97.3 Å². The van der Waals surface area contributed by atoms with Crippen LogP contribution in [0.1, 0.15) is 58.4 Å². The largest absolute Gasteiger partial charge is 0.392 e. The van der Waals surface area contributed by atoms with E-state index in [0.29, 0.717) is 18.7 Å². The summed E-state index contributed by atoms with van der Waals surface area (Å²) < 4.78 is 13.2. The maximum atomic E-state index is 12.5. The van der Waals surface area contributed by atoms with Gasteiger partial charge in [-0.3, -0.25) is 14.7 Å². The van der Waals surface area contributed by atoms with E-state index in [-0.39, 0.29) is 36.7 Å². The molecule has 2 fully saturated rings. The zero-order chi connectivity index (χ0) is 30.5. The molecule has 1 aromatic heterocycles. The van der Waals surface area contributed by atoms with E-state index in [1.807, 2.05) is 36.4 Å². The van der Waals surface area contributed by atoms with E-state index in [1.165, 1.54) is 0 Å². The second kappa shape index (κ2) is 13.8. The molecule has 0 bridgehead atoms. The summed E-state index contributed by atoms with van der Waals surface area (Å²) in [5.41, 5.74) is 6.49. The third-order valence-corrected chi connectivity index (χ3v) is 8.63. The lowest BCUT2D eigenvalue weighted by Crippen LogP contribution is -2.44. The fraction of sp³-hybridized carbons (Fsp3) is 0.333. The Morgan fingerprint density at radius 1 is 0.955 bits per heavy atom. The SMILES string of the molecule is CC1C(CN2CCC(O)C2)OC(c2ccc(-c3cccc(CNC(=O)c4cccnc4)c3)cc2)OC1c1ccc(CO)cc1.